The van der Waals surface area contributed by atoms with Crippen molar-refractivity contribution in [1.29, 1.82) is 0 Å². The van der Waals surface area contributed by atoms with Crippen molar-refractivity contribution in [2.75, 3.05) is 0 Å². The zero-order chi connectivity index (χ0) is 24.5. The first kappa shape index (κ1) is 24.8. The van der Waals surface area contributed by atoms with E-state index in [0.29, 0.717) is 12.8 Å². The molecule has 0 heterocycles. The zero-order valence-corrected chi connectivity index (χ0v) is 20.2. The summed E-state index contributed by atoms with van der Waals surface area (Å²) in [5.74, 6) is -6.38. The van der Waals surface area contributed by atoms with E-state index in [4.69, 9.17) is 11.6 Å². The van der Waals surface area contributed by atoms with Gasteiger partial charge in [0.2, 0.25) is 0 Å². The summed E-state index contributed by atoms with van der Waals surface area (Å²) >= 11 is 6.93. The van der Waals surface area contributed by atoms with E-state index in [9.17, 15) is 0 Å². The number of alkyl halides is 1. The lowest BCUT2D eigenvalue weighted by atomic mass is 9.68. The SMILES string of the molecule is CCCC1(Cl)CCCCC1C(C)c1c(F)c(F)c(-c2ccc(-c3ccccc3)cc2)c(F)c1F. The third kappa shape index (κ3) is 4.49. The van der Waals surface area contributed by atoms with Gasteiger partial charge in [-0.3, -0.25) is 0 Å². The highest BCUT2D eigenvalue weighted by Crippen LogP contribution is 2.50. The Morgan fingerprint density at radius 3 is 1.97 bits per heavy atom. The molecule has 0 aromatic heterocycles. The van der Waals surface area contributed by atoms with Crippen molar-refractivity contribution in [3.05, 3.63) is 83.4 Å². The van der Waals surface area contributed by atoms with Crippen LogP contribution in [0.3, 0.4) is 0 Å². The van der Waals surface area contributed by atoms with Crippen LogP contribution in [0.25, 0.3) is 22.3 Å². The van der Waals surface area contributed by atoms with Gasteiger partial charge in [-0.05, 0) is 47.8 Å². The summed E-state index contributed by atoms with van der Waals surface area (Å²) in [7, 11) is 0. The first-order valence-electron chi connectivity index (χ1n) is 12.0. The summed E-state index contributed by atoms with van der Waals surface area (Å²) in [5.41, 5.74) is 0.637. The Hall–Kier alpha value is -2.33. The van der Waals surface area contributed by atoms with Gasteiger partial charge in [-0.2, -0.15) is 0 Å². The Bertz CT molecular complexity index is 1110. The molecular weight excluding hydrogens is 460 g/mol. The molecule has 0 saturated heterocycles. The molecule has 1 fully saturated rings. The lowest BCUT2D eigenvalue weighted by Gasteiger charge is -2.43. The smallest absolute Gasteiger partial charge is 0.170 e. The fourth-order valence-corrected chi connectivity index (χ4v) is 6.23. The quantitative estimate of drug-likeness (QED) is 0.184. The number of rotatable bonds is 6. The van der Waals surface area contributed by atoms with Crippen LogP contribution in [0.5, 0.6) is 0 Å². The molecular formula is C29H29ClF4. The maximum atomic E-state index is 15.4. The second-order valence-electron chi connectivity index (χ2n) is 9.41. The molecule has 0 amide bonds. The molecule has 0 bridgehead atoms. The maximum absolute atomic E-state index is 15.4. The number of benzene rings is 3. The van der Waals surface area contributed by atoms with Crippen molar-refractivity contribution in [2.45, 2.75) is 63.2 Å². The van der Waals surface area contributed by atoms with Crippen molar-refractivity contribution >= 4 is 11.6 Å². The molecule has 3 aromatic carbocycles. The van der Waals surface area contributed by atoms with E-state index in [-0.39, 0.29) is 11.5 Å². The normalized spacial score (nSPS) is 21.4. The molecule has 3 atom stereocenters. The van der Waals surface area contributed by atoms with Gasteiger partial charge in [0, 0.05) is 10.4 Å². The highest BCUT2D eigenvalue weighted by atomic mass is 35.5. The second-order valence-corrected chi connectivity index (χ2v) is 10.2. The Morgan fingerprint density at radius 2 is 1.38 bits per heavy atom. The van der Waals surface area contributed by atoms with E-state index in [1.54, 1.807) is 19.1 Å². The Kier molecular flexibility index (Phi) is 7.37. The van der Waals surface area contributed by atoms with Crippen LogP contribution in [0.1, 0.15) is 63.9 Å². The summed E-state index contributed by atoms with van der Waals surface area (Å²) < 4.78 is 61.2. The second kappa shape index (κ2) is 10.1. The molecule has 1 aliphatic rings. The van der Waals surface area contributed by atoms with Gasteiger partial charge in [0.15, 0.2) is 23.3 Å². The van der Waals surface area contributed by atoms with Gasteiger partial charge in [0.25, 0.3) is 0 Å². The fourth-order valence-electron chi connectivity index (χ4n) is 5.61. The van der Waals surface area contributed by atoms with E-state index in [2.05, 4.69) is 0 Å². The number of hydrogen-bond donors (Lipinski definition) is 0. The highest BCUT2D eigenvalue weighted by molar-refractivity contribution is 6.24. The summed E-state index contributed by atoms with van der Waals surface area (Å²) in [5, 5.41) is 0. The average Bonchev–Trinajstić information content (AvgIpc) is 2.84. The molecule has 0 N–H and O–H groups in total. The molecule has 0 nitrogen and oxygen atoms in total. The third-order valence-electron chi connectivity index (χ3n) is 7.32. The molecule has 0 aliphatic heterocycles. The van der Waals surface area contributed by atoms with Gasteiger partial charge in [-0.25, -0.2) is 17.6 Å². The maximum Gasteiger partial charge on any atom is 0.170 e. The van der Waals surface area contributed by atoms with Gasteiger partial charge in [0.05, 0.1) is 5.56 Å². The molecule has 180 valence electrons. The summed E-state index contributed by atoms with van der Waals surface area (Å²) in [6, 6.07) is 15.8. The van der Waals surface area contributed by atoms with Crippen molar-refractivity contribution < 1.29 is 17.6 Å². The first-order chi connectivity index (χ1) is 16.3. The number of halogens is 5. The Balaban J connectivity index is 1.73. The van der Waals surface area contributed by atoms with Crippen LogP contribution in [0, 0.1) is 29.2 Å². The minimum atomic E-state index is -1.36. The molecule has 3 aromatic rings. The van der Waals surface area contributed by atoms with Crippen LogP contribution in [0.4, 0.5) is 17.6 Å². The van der Waals surface area contributed by atoms with E-state index in [0.717, 1.165) is 36.8 Å². The molecule has 1 aliphatic carbocycles. The molecule has 0 spiro atoms. The molecule has 0 radical (unpaired) electrons. The van der Waals surface area contributed by atoms with Gasteiger partial charge in [-0.1, -0.05) is 87.7 Å². The van der Waals surface area contributed by atoms with Crippen molar-refractivity contribution in [2.24, 2.45) is 5.92 Å². The molecule has 4 rings (SSSR count). The standard InChI is InChI=1S/C29H29ClF4/c1-3-16-29(30)17-8-7-11-22(29)18(2)23-25(31)27(33)24(28(34)26(23)32)21-14-12-20(13-15-21)19-9-5-4-6-10-19/h4-6,9-10,12-15,18,22H,3,7-8,11,16-17H2,1-2H3. The van der Waals surface area contributed by atoms with Crippen LogP contribution >= 0.6 is 11.6 Å². The van der Waals surface area contributed by atoms with Crippen molar-refractivity contribution in [1.82, 2.24) is 0 Å². The van der Waals surface area contributed by atoms with Gasteiger partial charge in [0.1, 0.15) is 0 Å². The number of hydrogen-bond acceptors (Lipinski definition) is 0. The Morgan fingerprint density at radius 1 is 0.824 bits per heavy atom. The van der Waals surface area contributed by atoms with Crippen LogP contribution < -0.4 is 0 Å². The first-order valence-corrected chi connectivity index (χ1v) is 12.4. The molecule has 34 heavy (non-hydrogen) atoms. The Labute approximate surface area is 204 Å². The monoisotopic (exact) mass is 488 g/mol. The largest absolute Gasteiger partial charge is 0.203 e. The van der Waals surface area contributed by atoms with Crippen LogP contribution in [0.2, 0.25) is 0 Å². The zero-order valence-electron chi connectivity index (χ0n) is 19.5. The third-order valence-corrected chi connectivity index (χ3v) is 7.98. The van der Waals surface area contributed by atoms with E-state index >= 15 is 17.6 Å². The average molecular weight is 489 g/mol. The van der Waals surface area contributed by atoms with Crippen molar-refractivity contribution in [3.8, 4) is 22.3 Å². The van der Waals surface area contributed by atoms with E-state index < -0.39 is 45.2 Å². The highest BCUT2D eigenvalue weighted by Gasteiger charge is 2.43. The van der Waals surface area contributed by atoms with Crippen LogP contribution in [-0.2, 0) is 0 Å². The van der Waals surface area contributed by atoms with Crippen molar-refractivity contribution in [3.63, 3.8) is 0 Å². The minimum absolute atomic E-state index is 0.0852. The summed E-state index contributed by atoms with van der Waals surface area (Å²) in [4.78, 5) is -0.621. The summed E-state index contributed by atoms with van der Waals surface area (Å²) in [6.07, 6.45) is 4.76. The van der Waals surface area contributed by atoms with Gasteiger partial charge in [-0.15, -0.1) is 11.6 Å². The van der Waals surface area contributed by atoms with Crippen LogP contribution in [0.15, 0.2) is 54.6 Å². The van der Waals surface area contributed by atoms with Gasteiger partial charge < -0.3 is 0 Å². The van der Waals surface area contributed by atoms with Crippen LogP contribution in [-0.4, -0.2) is 4.87 Å². The lowest BCUT2D eigenvalue weighted by Crippen LogP contribution is -2.38. The molecule has 5 heteroatoms. The van der Waals surface area contributed by atoms with Gasteiger partial charge >= 0.3 is 0 Å². The molecule has 1 saturated carbocycles. The minimum Gasteiger partial charge on any atom is -0.203 e. The predicted molar refractivity (Wildman–Crippen MR) is 131 cm³/mol. The van der Waals surface area contributed by atoms with E-state index in [1.807, 2.05) is 37.3 Å². The predicted octanol–water partition coefficient (Wildman–Crippen LogP) is 9.65. The fraction of sp³-hybridized carbons (Fsp3) is 0.379. The summed E-state index contributed by atoms with van der Waals surface area (Å²) in [6.45, 7) is 3.65. The molecule has 3 unspecified atom stereocenters. The van der Waals surface area contributed by atoms with E-state index in [1.165, 1.54) is 12.1 Å². The topological polar surface area (TPSA) is 0 Å². The lowest BCUT2D eigenvalue weighted by molar-refractivity contribution is 0.214.